The average molecular weight is 229 g/mol. The van der Waals surface area contributed by atoms with Crippen LogP contribution in [0.3, 0.4) is 0 Å². The van der Waals surface area contributed by atoms with E-state index in [4.69, 9.17) is 4.74 Å². The summed E-state index contributed by atoms with van der Waals surface area (Å²) in [6.45, 7) is 8.12. The topological polar surface area (TPSA) is 53.6 Å². The molecule has 1 saturated heterocycles. The van der Waals surface area contributed by atoms with E-state index in [1.807, 2.05) is 6.92 Å². The number of ether oxygens (including phenoxy) is 1. The lowest BCUT2D eigenvalue weighted by Gasteiger charge is -2.29. The summed E-state index contributed by atoms with van der Waals surface area (Å²) in [5.41, 5.74) is 0. The second kappa shape index (κ2) is 7.60. The van der Waals surface area contributed by atoms with Crippen molar-refractivity contribution in [2.45, 2.75) is 6.92 Å². The molecule has 0 aromatic rings. The van der Waals surface area contributed by atoms with E-state index in [2.05, 4.69) is 15.5 Å². The molecule has 16 heavy (non-hydrogen) atoms. The first-order chi connectivity index (χ1) is 7.74. The Hall–Kier alpha value is -0.650. The number of carbonyl (C=O) groups excluding carboxylic acids is 1. The Morgan fingerprint density at radius 3 is 2.81 bits per heavy atom. The maximum Gasteiger partial charge on any atom is 0.224 e. The van der Waals surface area contributed by atoms with Gasteiger partial charge in [-0.2, -0.15) is 0 Å². The van der Waals surface area contributed by atoms with Gasteiger partial charge in [-0.3, -0.25) is 4.79 Å². The molecule has 1 atom stereocenters. The summed E-state index contributed by atoms with van der Waals surface area (Å²) in [7, 11) is 1.64. The molecule has 0 aliphatic carbocycles. The van der Waals surface area contributed by atoms with E-state index in [0.717, 1.165) is 32.7 Å². The third-order valence-corrected chi connectivity index (χ3v) is 2.79. The number of methoxy groups -OCH3 is 1. The molecule has 94 valence electrons. The highest BCUT2D eigenvalue weighted by molar-refractivity contribution is 5.78. The maximum atomic E-state index is 11.7. The summed E-state index contributed by atoms with van der Waals surface area (Å²) in [4.78, 5) is 14.0. The molecule has 0 aromatic carbocycles. The first kappa shape index (κ1) is 13.4. The van der Waals surface area contributed by atoms with Crippen molar-refractivity contribution in [3.05, 3.63) is 0 Å². The van der Waals surface area contributed by atoms with E-state index in [9.17, 15) is 4.79 Å². The summed E-state index contributed by atoms with van der Waals surface area (Å²) in [5.74, 6) is 0.172. The fourth-order valence-electron chi connectivity index (χ4n) is 1.81. The minimum absolute atomic E-state index is 0.0509. The van der Waals surface area contributed by atoms with Crippen molar-refractivity contribution < 1.29 is 9.53 Å². The summed E-state index contributed by atoms with van der Waals surface area (Å²) in [6, 6.07) is 0. The Morgan fingerprint density at radius 2 is 2.19 bits per heavy atom. The number of piperazine rings is 1. The van der Waals surface area contributed by atoms with E-state index in [-0.39, 0.29) is 11.8 Å². The van der Waals surface area contributed by atoms with Crippen LogP contribution in [0.1, 0.15) is 6.92 Å². The van der Waals surface area contributed by atoms with Gasteiger partial charge in [0, 0.05) is 52.3 Å². The number of hydrogen-bond acceptors (Lipinski definition) is 4. The van der Waals surface area contributed by atoms with Gasteiger partial charge in [0.05, 0.1) is 6.61 Å². The number of nitrogens with one attached hydrogen (secondary N) is 2. The molecule has 0 saturated carbocycles. The second-order valence-corrected chi connectivity index (χ2v) is 4.24. The number of hydrogen-bond donors (Lipinski definition) is 2. The Morgan fingerprint density at radius 1 is 1.50 bits per heavy atom. The van der Waals surface area contributed by atoms with Gasteiger partial charge in [-0.1, -0.05) is 6.92 Å². The van der Waals surface area contributed by atoms with Gasteiger partial charge in [-0.15, -0.1) is 0 Å². The largest absolute Gasteiger partial charge is 0.383 e. The number of amides is 1. The zero-order valence-corrected chi connectivity index (χ0v) is 10.3. The normalized spacial score (nSPS) is 19.4. The first-order valence-corrected chi connectivity index (χ1v) is 5.93. The minimum atomic E-state index is 0.0509. The fraction of sp³-hybridized carbons (Fsp3) is 0.909. The number of nitrogens with zero attached hydrogens (tertiary/aromatic N) is 1. The van der Waals surface area contributed by atoms with Crippen LogP contribution in [0.25, 0.3) is 0 Å². The molecule has 1 amide bonds. The van der Waals surface area contributed by atoms with Crippen molar-refractivity contribution in [2.24, 2.45) is 5.92 Å². The smallest absolute Gasteiger partial charge is 0.224 e. The summed E-state index contributed by atoms with van der Waals surface area (Å²) in [6.07, 6.45) is 0. The van der Waals surface area contributed by atoms with Gasteiger partial charge in [0.1, 0.15) is 0 Å². The predicted molar refractivity (Wildman–Crippen MR) is 63.4 cm³/mol. The van der Waals surface area contributed by atoms with Gasteiger partial charge in [0.25, 0.3) is 0 Å². The highest BCUT2D eigenvalue weighted by atomic mass is 16.5. The van der Waals surface area contributed by atoms with Crippen LogP contribution in [0.2, 0.25) is 0 Å². The first-order valence-electron chi connectivity index (χ1n) is 5.93. The molecular formula is C11H23N3O2. The van der Waals surface area contributed by atoms with Crippen LogP contribution in [0.15, 0.2) is 0 Å². The third kappa shape index (κ3) is 4.92. The maximum absolute atomic E-state index is 11.7. The molecule has 1 aliphatic heterocycles. The molecule has 1 unspecified atom stereocenters. The molecule has 2 N–H and O–H groups in total. The monoisotopic (exact) mass is 229 g/mol. The van der Waals surface area contributed by atoms with Gasteiger partial charge < -0.3 is 20.3 Å². The molecule has 1 fully saturated rings. The molecular weight excluding hydrogens is 206 g/mol. The SMILES string of the molecule is COCCNC(=O)C(C)CN1CCNCC1. The highest BCUT2D eigenvalue weighted by Crippen LogP contribution is 2.01. The Labute approximate surface area is 97.5 Å². The highest BCUT2D eigenvalue weighted by Gasteiger charge is 2.17. The van der Waals surface area contributed by atoms with Crippen LogP contribution in [0.5, 0.6) is 0 Å². The van der Waals surface area contributed by atoms with Gasteiger partial charge in [0.2, 0.25) is 5.91 Å². The molecule has 0 radical (unpaired) electrons. The number of rotatable bonds is 6. The fourth-order valence-corrected chi connectivity index (χ4v) is 1.81. The Kier molecular flexibility index (Phi) is 6.37. The molecule has 0 spiro atoms. The van der Waals surface area contributed by atoms with Crippen molar-refractivity contribution in [2.75, 3.05) is 53.0 Å². The predicted octanol–water partition coefficient (Wildman–Crippen LogP) is -0.710. The van der Waals surface area contributed by atoms with Crippen LogP contribution >= 0.6 is 0 Å². The van der Waals surface area contributed by atoms with Gasteiger partial charge in [-0.25, -0.2) is 0 Å². The Balaban J connectivity index is 2.16. The van der Waals surface area contributed by atoms with Crippen molar-refractivity contribution in [1.29, 1.82) is 0 Å². The molecule has 5 nitrogen and oxygen atoms in total. The van der Waals surface area contributed by atoms with Crippen LogP contribution in [0, 0.1) is 5.92 Å². The van der Waals surface area contributed by atoms with E-state index in [1.165, 1.54) is 0 Å². The van der Waals surface area contributed by atoms with Crippen LogP contribution < -0.4 is 10.6 Å². The van der Waals surface area contributed by atoms with E-state index in [1.54, 1.807) is 7.11 Å². The number of carbonyl (C=O) groups is 1. The summed E-state index contributed by atoms with van der Waals surface area (Å²) >= 11 is 0. The summed E-state index contributed by atoms with van der Waals surface area (Å²) < 4.78 is 4.89. The lowest BCUT2D eigenvalue weighted by atomic mass is 10.1. The Bertz CT molecular complexity index is 205. The van der Waals surface area contributed by atoms with Crippen LogP contribution in [-0.2, 0) is 9.53 Å². The van der Waals surface area contributed by atoms with Crippen molar-refractivity contribution in [1.82, 2.24) is 15.5 Å². The molecule has 0 bridgehead atoms. The molecule has 5 heteroatoms. The molecule has 1 heterocycles. The van der Waals surface area contributed by atoms with Crippen molar-refractivity contribution in [3.8, 4) is 0 Å². The van der Waals surface area contributed by atoms with Crippen LogP contribution in [-0.4, -0.2) is 63.8 Å². The van der Waals surface area contributed by atoms with Gasteiger partial charge >= 0.3 is 0 Å². The van der Waals surface area contributed by atoms with Crippen molar-refractivity contribution in [3.63, 3.8) is 0 Å². The lowest BCUT2D eigenvalue weighted by molar-refractivity contribution is -0.125. The zero-order chi connectivity index (χ0) is 11.8. The zero-order valence-electron chi connectivity index (χ0n) is 10.3. The second-order valence-electron chi connectivity index (χ2n) is 4.24. The third-order valence-electron chi connectivity index (χ3n) is 2.79. The standard InChI is InChI=1S/C11H23N3O2/c1-10(11(15)13-5-8-16-2)9-14-6-3-12-4-7-14/h10,12H,3-9H2,1-2H3,(H,13,15). The van der Waals surface area contributed by atoms with Gasteiger partial charge in [0.15, 0.2) is 0 Å². The quantitative estimate of drug-likeness (QED) is 0.591. The molecule has 0 aromatic heterocycles. The van der Waals surface area contributed by atoms with E-state index >= 15 is 0 Å². The molecule has 1 aliphatic rings. The van der Waals surface area contributed by atoms with Crippen molar-refractivity contribution >= 4 is 5.91 Å². The minimum Gasteiger partial charge on any atom is -0.383 e. The van der Waals surface area contributed by atoms with Gasteiger partial charge in [-0.05, 0) is 0 Å². The molecule has 1 rings (SSSR count). The lowest BCUT2D eigenvalue weighted by Crippen LogP contribution is -2.47. The van der Waals surface area contributed by atoms with E-state index < -0.39 is 0 Å². The van der Waals surface area contributed by atoms with E-state index in [0.29, 0.717) is 13.2 Å². The van der Waals surface area contributed by atoms with Crippen LogP contribution in [0.4, 0.5) is 0 Å². The average Bonchev–Trinajstić information content (AvgIpc) is 2.30. The summed E-state index contributed by atoms with van der Waals surface area (Å²) in [5, 5.41) is 6.17.